The smallest absolute Gasteiger partial charge is 0.0733 e. The van der Waals surface area contributed by atoms with E-state index in [9.17, 15) is 0 Å². The van der Waals surface area contributed by atoms with E-state index in [2.05, 4.69) is 45.5 Å². The summed E-state index contributed by atoms with van der Waals surface area (Å²) in [6, 6.07) is 12.4. The standard InChI is InChI=1S/C13H14BrNOS/c1-16-9-10-4-2-3-5-12(10)15-8-11-6-7-13(14)17-11/h2-7,15H,8-9H2,1H3. The number of methoxy groups -OCH3 is 1. The Labute approximate surface area is 114 Å². The van der Waals surface area contributed by atoms with Crippen molar-refractivity contribution in [1.29, 1.82) is 0 Å². The van der Waals surface area contributed by atoms with Gasteiger partial charge in [0.05, 0.1) is 10.4 Å². The van der Waals surface area contributed by atoms with Gasteiger partial charge >= 0.3 is 0 Å². The number of ether oxygens (including phenoxy) is 1. The number of anilines is 1. The minimum absolute atomic E-state index is 0.636. The summed E-state index contributed by atoms with van der Waals surface area (Å²) in [4.78, 5) is 1.31. The molecule has 0 amide bonds. The van der Waals surface area contributed by atoms with E-state index >= 15 is 0 Å². The Balaban J connectivity index is 2.03. The van der Waals surface area contributed by atoms with E-state index in [4.69, 9.17) is 4.74 Å². The Bertz CT molecular complexity index is 484. The molecule has 0 aliphatic rings. The minimum atomic E-state index is 0.636. The van der Waals surface area contributed by atoms with E-state index < -0.39 is 0 Å². The zero-order valence-electron chi connectivity index (χ0n) is 9.57. The molecule has 2 rings (SSSR count). The number of benzene rings is 1. The second kappa shape index (κ2) is 6.19. The van der Waals surface area contributed by atoms with E-state index in [-0.39, 0.29) is 0 Å². The molecule has 1 N–H and O–H groups in total. The van der Waals surface area contributed by atoms with Crippen LogP contribution in [0.5, 0.6) is 0 Å². The molecule has 4 heteroatoms. The van der Waals surface area contributed by atoms with Crippen LogP contribution in [0.25, 0.3) is 0 Å². The lowest BCUT2D eigenvalue weighted by atomic mass is 10.2. The number of hydrogen-bond acceptors (Lipinski definition) is 3. The van der Waals surface area contributed by atoms with Gasteiger partial charge in [0.1, 0.15) is 0 Å². The first-order valence-electron chi connectivity index (χ1n) is 5.34. The molecule has 2 aromatic rings. The SMILES string of the molecule is COCc1ccccc1NCc1ccc(Br)s1. The highest BCUT2D eigenvalue weighted by Crippen LogP contribution is 2.23. The van der Waals surface area contributed by atoms with Crippen LogP contribution in [-0.4, -0.2) is 7.11 Å². The summed E-state index contributed by atoms with van der Waals surface area (Å²) in [6.45, 7) is 1.48. The van der Waals surface area contributed by atoms with Crippen molar-refractivity contribution in [2.75, 3.05) is 12.4 Å². The molecule has 0 aliphatic carbocycles. The fourth-order valence-corrected chi connectivity index (χ4v) is 3.03. The van der Waals surface area contributed by atoms with Gasteiger partial charge in [0, 0.05) is 29.8 Å². The molecule has 1 aromatic heterocycles. The molecule has 0 atom stereocenters. The summed E-state index contributed by atoms with van der Waals surface area (Å²) in [5.74, 6) is 0. The first-order valence-corrected chi connectivity index (χ1v) is 6.95. The quantitative estimate of drug-likeness (QED) is 0.890. The maximum Gasteiger partial charge on any atom is 0.0733 e. The Morgan fingerprint density at radius 2 is 2.06 bits per heavy atom. The summed E-state index contributed by atoms with van der Waals surface area (Å²) in [5.41, 5.74) is 2.32. The number of thiophene rings is 1. The van der Waals surface area contributed by atoms with Gasteiger partial charge in [0.25, 0.3) is 0 Å². The maximum atomic E-state index is 5.18. The third kappa shape index (κ3) is 3.56. The third-order valence-electron chi connectivity index (χ3n) is 2.40. The summed E-state index contributed by atoms with van der Waals surface area (Å²) >= 11 is 5.22. The van der Waals surface area contributed by atoms with Gasteiger partial charge in [0.15, 0.2) is 0 Å². The predicted octanol–water partition coefficient (Wildman–Crippen LogP) is 4.27. The van der Waals surface area contributed by atoms with Crippen LogP contribution >= 0.6 is 27.3 Å². The number of rotatable bonds is 5. The van der Waals surface area contributed by atoms with Gasteiger partial charge in [-0.15, -0.1) is 11.3 Å². The van der Waals surface area contributed by atoms with Crippen molar-refractivity contribution in [3.63, 3.8) is 0 Å². The molecule has 0 aliphatic heterocycles. The Morgan fingerprint density at radius 1 is 1.24 bits per heavy atom. The molecule has 17 heavy (non-hydrogen) atoms. The van der Waals surface area contributed by atoms with Gasteiger partial charge in [-0.05, 0) is 34.1 Å². The fourth-order valence-electron chi connectivity index (χ4n) is 1.60. The van der Waals surface area contributed by atoms with Crippen LogP contribution in [-0.2, 0) is 17.9 Å². The molecule has 1 aromatic carbocycles. The molecule has 90 valence electrons. The summed E-state index contributed by atoms with van der Waals surface area (Å²) in [6.07, 6.45) is 0. The van der Waals surface area contributed by atoms with Crippen molar-refractivity contribution in [1.82, 2.24) is 0 Å². The summed E-state index contributed by atoms with van der Waals surface area (Å²) in [7, 11) is 1.72. The highest BCUT2D eigenvalue weighted by molar-refractivity contribution is 9.11. The molecule has 0 radical (unpaired) electrons. The first kappa shape index (κ1) is 12.6. The van der Waals surface area contributed by atoms with Gasteiger partial charge in [-0.1, -0.05) is 18.2 Å². The van der Waals surface area contributed by atoms with Gasteiger partial charge in [-0.2, -0.15) is 0 Å². The van der Waals surface area contributed by atoms with Crippen molar-refractivity contribution < 1.29 is 4.74 Å². The van der Waals surface area contributed by atoms with Crippen LogP contribution in [0.3, 0.4) is 0 Å². The average molecular weight is 312 g/mol. The molecule has 0 bridgehead atoms. The predicted molar refractivity (Wildman–Crippen MR) is 76.5 cm³/mol. The molecule has 0 unspecified atom stereocenters. The molecule has 1 heterocycles. The molecule has 0 saturated carbocycles. The van der Waals surface area contributed by atoms with Crippen molar-refractivity contribution >= 4 is 33.0 Å². The average Bonchev–Trinajstić information content (AvgIpc) is 2.74. The molecule has 0 saturated heterocycles. The lowest BCUT2D eigenvalue weighted by Crippen LogP contribution is -2.01. The van der Waals surface area contributed by atoms with E-state index in [1.165, 1.54) is 14.2 Å². The van der Waals surface area contributed by atoms with Crippen LogP contribution in [0.15, 0.2) is 40.2 Å². The first-order chi connectivity index (χ1) is 8.29. The van der Waals surface area contributed by atoms with Gasteiger partial charge in [-0.25, -0.2) is 0 Å². The van der Waals surface area contributed by atoms with Crippen LogP contribution in [0, 0.1) is 0 Å². The van der Waals surface area contributed by atoms with Gasteiger partial charge in [0.2, 0.25) is 0 Å². The van der Waals surface area contributed by atoms with Crippen LogP contribution < -0.4 is 5.32 Å². The highest BCUT2D eigenvalue weighted by Gasteiger charge is 2.02. The normalized spacial score (nSPS) is 10.5. The number of para-hydroxylation sites is 1. The molecule has 2 nitrogen and oxygen atoms in total. The zero-order chi connectivity index (χ0) is 12.1. The van der Waals surface area contributed by atoms with E-state index in [1.807, 2.05) is 12.1 Å². The van der Waals surface area contributed by atoms with Crippen molar-refractivity contribution in [2.24, 2.45) is 0 Å². The Kier molecular flexibility index (Phi) is 4.59. The van der Waals surface area contributed by atoms with Crippen LogP contribution in [0.2, 0.25) is 0 Å². The van der Waals surface area contributed by atoms with Crippen molar-refractivity contribution in [3.05, 3.63) is 50.6 Å². The summed E-state index contributed by atoms with van der Waals surface area (Å²) in [5, 5.41) is 3.44. The number of halogens is 1. The second-order valence-corrected chi connectivity index (χ2v) is 6.20. The molecular formula is C13H14BrNOS. The lowest BCUT2D eigenvalue weighted by Gasteiger charge is -2.10. The Hall–Kier alpha value is -0.840. The number of nitrogens with one attached hydrogen (secondary N) is 1. The molecule has 0 fully saturated rings. The highest BCUT2D eigenvalue weighted by atomic mass is 79.9. The molecular weight excluding hydrogens is 298 g/mol. The fraction of sp³-hybridized carbons (Fsp3) is 0.231. The zero-order valence-corrected chi connectivity index (χ0v) is 12.0. The Morgan fingerprint density at radius 3 is 2.76 bits per heavy atom. The second-order valence-electron chi connectivity index (χ2n) is 3.65. The number of hydrogen-bond donors (Lipinski definition) is 1. The van der Waals surface area contributed by atoms with Gasteiger partial charge in [-0.3, -0.25) is 0 Å². The molecule has 0 spiro atoms. The van der Waals surface area contributed by atoms with Crippen molar-refractivity contribution in [3.8, 4) is 0 Å². The lowest BCUT2D eigenvalue weighted by molar-refractivity contribution is 0.185. The minimum Gasteiger partial charge on any atom is -0.380 e. The van der Waals surface area contributed by atoms with E-state index in [1.54, 1.807) is 18.4 Å². The van der Waals surface area contributed by atoms with Crippen molar-refractivity contribution in [2.45, 2.75) is 13.2 Å². The van der Waals surface area contributed by atoms with E-state index in [0.29, 0.717) is 6.61 Å². The summed E-state index contributed by atoms with van der Waals surface area (Å²) < 4.78 is 6.35. The van der Waals surface area contributed by atoms with Gasteiger partial charge < -0.3 is 10.1 Å². The maximum absolute atomic E-state index is 5.18. The van der Waals surface area contributed by atoms with E-state index in [0.717, 1.165) is 12.2 Å². The topological polar surface area (TPSA) is 21.3 Å². The monoisotopic (exact) mass is 311 g/mol. The largest absolute Gasteiger partial charge is 0.380 e. The van der Waals surface area contributed by atoms with Crippen LogP contribution in [0.4, 0.5) is 5.69 Å². The van der Waals surface area contributed by atoms with Crippen LogP contribution in [0.1, 0.15) is 10.4 Å². The third-order valence-corrected chi connectivity index (χ3v) is 4.02.